The summed E-state index contributed by atoms with van der Waals surface area (Å²) in [6.45, 7) is 10.7. The zero-order valence-electron chi connectivity index (χ0n) is 9.96. The first-order valence-corrected chi connectivity index (χ1v) is 6.66. The monoisotopic (exact) mass is 209 g/mol. The molecule has 2 nitrogen and oxygen atoms in total. The van der Waals surface area contributed by atoms with E-state index >= 15 is 0 Å². The van der Waals surface area contributed by atoms with Gasteiger partial charge in [-0.3, -0.25) is 0 Å². The molecule has 2 aliphatic rings. The van der Waals surface area contributed by atoms with Crippen molar-refractivity contribution in [2.45, 2.75) is 44.6 Å². The molecule has 0 aliphatic carbocycles. The van der Waals surface area contributed by atoms with Crippen LogP contribution in [0, 0.1) is 6.92 Å². The van der Waals surface area contributed by atoms with E-state index in [2.05, 4.69) is 16.7 Å². The van der Waals surface area contributed by atoms with Crippen LogP contribution in [0.2, 0.25) is 0 Å². The Bertz CT molecular complexity index is 169. The lowest BCUT2D eigenvalue weighted by Crippen LogP contribution is -2.35. The molecule has 2 heteroatoms. The molecule has 87 valence electrons. The third kappa shape index (κ3) is 3.18. The van der Waals surface area contributed by atoms with Crippen molar-refractivity contribution in [2.75, 3.05) is 32.7 Å². The molecule has 15 heavy (non-hydrogen) atoms. The summed E-state index contributed by atoms with van der Waals surface area (Å²) in [5, 5.41) is 0. The van der Waals surface area contributed by atoms with Gasteiger partial charge in [0.1, 0.15) is 0 Å². The lowest BCUT2D eigenvalue weighted by Gasteiger charge is -2.28. The molecule has 2 fully saturated rings. The molecule has 1 atom stereocenters. The van der Waals surface area contributed by atoms with Gasteiger partial charge in [-0.25, -0.2) is 0 Å². The number of likely N-dealkylation sites (tertiary alicyclic amines) is 2. The van der Waals surface area contributed by atoms with E-state index in [-0.39, 0.29) is 0 Å². The van der Waals surface area contributed by atoms with Crippen molar-refractivity contribution in [3.63, 3.8) is 0 Å². The van der Waals surface area contributed by atoms with Crippen LogP contribution in [-0.4, -0.2) is 48.6 Å². The summed E-state index contributed by atoms with van der Waals surface area (Å²) < 4.78 is 0. The van der Waals surface area contributed by atoms with Crippen LogP contribution in [0.25, 0.3) is 0 Å². The Morgan fingerprint density at radius 1 is 0.933 bits per heavy atom. The molecule has 0 N–H and O–H groups in total. The van der Waals surface area contributed by atoms with Crippen LogP contribution < -0.4 is 0 Å². The zero-order valence-corrected chi connectivity index (χ0v) is 9.96. The molecule has 1 unspecified atom stereocenters. The molecule has 0 saturated carbocycles. The van der Waals surface area contributed by atoms with E-state index in [1.54, 1.807) is 0 Å². The van der Waals surface area contributed by atoms with Gasteiger partial charge >= 0.3 is 0 Å². The average molecular weight is 209 g/mol. The van der Waals surface area contributed by atoms with E-state index in [1.165, 1.54) is 64.8 Å². The van der Waals surface area contributed by atoms with Crippen molar-refractivity contribution < 1.29 is 0 Å². The highest BCUT2D eigenvalue weighted by molar-refractivity contribution is 4.79. The number of nitrogens with zero attached hydrogens (tertiary/aromatic N) is 2. The predicted octanol–water partition coefficient (Wildman–Crippen LogP) is 2.16. The van der Waals surface area contributed by atoms with E-state index in [9.17, 15) is 0 Å². The van der Waals surface area contributed by atoms with E-state index < -0.39 is 0 Å². The highest BCUT2D eigenvalue weighted by atomic mass is 15.2. The van der Waals surface area contributed by atoms with Crippen LogP contribution in [0.15, 0.2) is 0 Å². The maximum atomic E-state index is 4.12. The van der Waals surface area contributed by atoms with Gasteiger partial charge in [0.05, 0.1) is 0 Å². The number of hydrogen-bond donors (Lipinski definition) is 0. The van der Waals surface area contributed by atoms with Gasteiger partial charge < -0.3 is 9.80 Å². The predicted molar refractivity (Wildman–Crippen MR) is 64.9 cm³/mol. The van der Waals surface area contributed by atoms with Crippen molar-refractivity contribution in [3.05, 3.63) is 6.92 Å². The van der Waals surface area contributed by atoms with E-state index in [0.29, 0.717) is 0 Å². The summed E-state index contributed by atoms with van der Waals surface area (Å²) in [5.41, 5.74) is 0. The van der Waals surface area contributed by atoms with Crippen LogP contribution in [0.3, 0.4) is 0 Å². The first-order chi connectivity index (χ1) is 7.40. The first-order valence-electron chi connectivity index (χ1n) is 6.66. The van der Waals surface area contributed by atoms with Gasteiger partial charge in [0, 0.05) is 6.04 Å². The molecule has 2 saturated heterocycles. The molecule has 0 amide bonds. The minimum atomic E-state index is 0.757. The fourth-order valence-corrected chi connectivity index (χ4v) is 2.95. The molecular weight excluding hydrogens is 184 g/mol. The second kappa shape index (κ2) is 5.86. The Hall–Kier alpha value is -0.0800. The van der Waals surface area contributed by atoms with Gasteiger partial charge in [0.25, 0.3) is 0 Å². The molecular formula is C13H25N2. The molecule has 0 bridgehead atoms. The van der Waals surface area contributed by atoms with Crippen LogP contribution in [0.5, 0.6) is 0 Å². The fraction of sp³-hybridized carbons (Fsp3) is 0.923. The van der Waals surface area contributed by atoms with Crippen LogP contribution in [0.1, 0.15) is 38.5 Å². The van der Waals surface area contributed by atoms with Crippen LogP contribution in [0.4, 0.5) is 0 Å². The Morgan fingerprint density at radius 3 is 2.13 bits per heavy atom. The summed E-state index contributed by atoms with van der Waals surface area (Å²) in [7, 11) is 0. The summed E-state index contributed by atoms with van der Waals surface area (Å²) in [5.74, 6) is 0. The minimum absolute atomic E-state index is 0.757. The largest absolute Gasteiger partial charge is 0.303 e. The number of hydrogen-bond acceptors (Lipinski definition) is 2. The normalized spacial score (nSPS) is 26.2. The molecule has 2 aliphatic heterocycles. The molecule has 2 rings (SSSR count). The highest BCUT2D eigenvalue weighted by Crippen LogP contribution is 2.18. The Balaban J connectivity index is 1.69. The lowest BCUT2D eigenvalue weighted by molar-refractivity contribution is 0.204. The Kier molecular flexibility index (Phi) is 4.45. The number of rotatable bonds is 5. The van der Waals surface area contributed by atoms with Crippen molar-refractivity contribution in [1.82, 2.24) is 9.80 Å². The molecule has 0 spiro atoms. The second-order valence-corrected chi connectivity index (χ2v) is 5.02. The van der Waals surface area contributed by atoms with Gasteiger partial charge in [0.15, 0.2) is 0 Å². The van der Waals surface area contributed by atoms with Gasteiger partial charge in [-0.05, 0) is 71.2 Å². The summed E-state index contributed by atoms with van der Waals surface area (Å²) in [4.78, 5) is 5.28. The third-order valence-corrected chi connectivity index (χ3v) is 3.97. The van der Waals surface area contributed by atoms with Crippen LogP contribution >= 0.6 is 0 Å². The van der Waals surface area contributed by atoms with E-state index in [4.69, 9.17) is 0 Å². The molecule has 0 aromatic heterocycles. The smallest absolute Gasteiger partial charge is 0.0107 e. The second-order valence-electron chi connectivity index (χ2n) is 5.02. The van der Waals surface area contributed by atoms with Crippen molar-refractivity contribution in [3.8, 4) is 0 Å². The Labute approximate surface area is 94.6 Å². The molecule has 0 aromatic carbocycles. The lowest BCUT2D eigenvalue weighted by atomic mass is 10.1. The van der Waals surface area contributed by atoms with Gasteiger partial charge in [-0.15, -0.1) is 0 Å². The summed E-state index contributed by atoms with van der Waals surface area (Å²) in [6, 6.07) is 0.757. The van der Waals surface area contributed by atoms with Gasteiger partial charge in [-0.2, -0.15) is 0 Å². The van der Waals surface area contributed by atoms with Crippen molar-refractivity contribution in [2.24, 2.45) is 0 Å². The molecule has 2 heterocycles. The first kappa shape index (κ1) is 11.4. The summed E-state index contributed by atoms with van der Waals surface area (Å²) in [6.07, 6.45) is 8.06. The van der Waals surface area contributed by atoms with E-state index in [0.717, 1.165) is 12.5 Å². The zero-order chi connectivity index (χ0) is 10.5. The summed E-state index contributed by atoms with van der Waals surface area (Å²) >= 11 is 0. The standard InChI is InChI=1S/C13H25N2/c1-2-13(15-10-5-6-11-15)7-12-14-8-3-4-9-14/h13H,1-12H2. The average Bonchev–Trinajstić information content (AvgIpc) is 2.90. The van der Waals surface area contributed by atoms with Crippen LogP contribution in [-0.2, 0) is 0 Å². The van der Waals surface area contributed by atoms with Gasteiger partial charge in [0.2, 0.25) is 0 Å². The maximum Gasteiger partial charge on any atom is 0.0107 e. The van der Waals surface area contributed by atoms with E-state index in [1.807, 2.05) is 0 Å². The topological polar surface area (TPSA) is 6.48 Å². The third-order valence-electron chi connectivity index (χ3n) is 3.97. The Morgan fingerprint density at radius 2 is 1.53 bits per heavy atom. The minimum Gasteiger partial charge on any atom is -0.303 e. The highest BCUT2D eigenvalue weighted by Gasteiger charge is 2.21. The SMILES string of the molecule is [CH2]CC(CCN1CCCC1)N1CCCC1. The van der Waals surface area contributed by atoms with Crippen molar-refractivity contribution in [1.29, 1.82) is 0 Å². The molecule has 1 radical (unpaired) electrons. The quantitative estimate of drug-likeness (QED) is 0.684. The maximum absolute atomic E-state index is 4.12. The van der Waals surface area contributed by atoms with Crippen molar-refractivity contribution >= 4 is 0 Å². The molecule has 0 aromatic rings. The van der Waals surface area contributed by atoms with Gasteiger partial charge in [-0.1, -0.05) is 6.92 Å². The fourth-order valence-electron chi connectivity index (χ4n) is 2.95.